The molecule has 0 aliphatic carbocycles. The van der Waals surface area contributed by atoms with Crippen molar-refractivity contribution in [3.63, 3.8) is 0 Å². The van der Waals surface area contributed by atoms with Gasteiger partial charge >= 0.3 is 5.97 Å². The zero-order chi connectivity index (χ0) is 13.6. The summed E-state index contributed by atoms with van der Waals surface area (Å²) in [4.78, 5) is 22.8. The molecular formula is C12H24N2O3. The zero-order valence-electron chi connectivity index (χ0n) is 11.1. The molecule has 0 radical (unpaired) electrons. The van der Waals surface area contributed by atoms with Crippen LogP contribution in [0.4, 0.5) is 0 Å². The second-order valence-electron chi connectivity index (χ2n) is 4.62. The molecule has 0 rings (SSSR count). The normalized spacial score (nSPS) is 17.9. The third-order valence-corrected chi connectivity index (χ3v) is 3.34. The third kappa shape index (κ3) is 4.73. The van der Waals surface area contributed by atoms with E-state index in [0.29, 0.717) is 6.42 Å². The van der Waals surface area contributed by atoms with Gasteiger partial charge in [0.05, 0.1) is 6.04 Å². The first kappa shape index (κ1) is 15.9. The maximum absolute atomic E-state index is 11.8. The molecule has 5 nitrogen and oxygen atoms in total. The van der Waals surface area contributed by atoms with Gasteiger partial charge in [-0.1, -0.05) is 40.5 Å². The number of carboxylic acid groups (broad SMARTS) is 1. The second-order valence-corrected chi connectivity index (χ2v) is 4.62. The standard InChI is InChI=1S/C12H24N2O3/c1-5-7(3)9(13)11(15)14-10(12(16)17)8(4)6-2/h7-10H,5-6,13H2,1-4H3,(H,14,15)(H,16,17)/t7-,8-,9-,10+/m0/s1. The molecule has 0 bridgehead atoms. The molecule has 5 heteroatoms. The van der Waals surface area contributed by atoms with Crippen LogP contribution in [0.25, 0.3) is 0 Å². The van der Waals surface area contributed by atoms with Crippen LogP contribution in [0.5, 0.6) is 0 Å². The molecule has 0 saturated heterocycles. The highest BCUT2D eigenvalue weighted by Crippen LogP contribution is 2.10. The molecule has 0 spiro atoms. The lowest BCUT2D eigenvalue weighted by atomic mass is 9.96. The van der Waals surface area contributed by atoms with Crippen molar-refractivity contribution in [3.8, 4) is 0 Å². The van der Waals surface area contributed by atoms with Gasteiger partial charge in [0, 0.05) is 0 Å². The molecule has 0 aromatic heterocycles. The van der Waals surface area contributed by atoms with E-state index in [1.165, 1.54) is 0 Å². The number of carbonyl (C=O) groups excluding carboxylic acids is 1. The first-order valence-corrected chi connectivity index (χ1v) is 6.13. The maximum Gasteiger partial charge on any atom is 0.326 e. The number of carboxylic acids is 1. The van der Waals surface area contributed by atoms with Crippen LogP contribution < -0.4 is 11.1 Å². The Morgan fingerprint density at radius 3 is 2.00 bits per heavy atom. The van der Waals surface area contributed by atoms with E-state index in [2.05, 4.69) is 5.32 Å². The summed E-state index contributed by atoms with van der Waals surface area (Å²) in [5, 5.41) is 11.6. The van der Waals surface area contributed by atoms with Crippen molar-refractivity contribution in [1.82, 2.24) is 5.32 Å². The number of amides is 1. The van der Waals surface area contributed by atoms with Crippen molar-refractivity contribution in [1.29, 1.82) is 0 Å². The number of rotatable bonds is 7. The Morgan fingerprint density at radius 1 is 1.18 bits per heavy atom. The van der Waals surface area contributed by atoms with Crippen molar-refractivity contribution in [3.05, 3.63) is 0 Å². The van der Waals surface area contributed by atoms with Gasteiger partial charge < -0.3 is 16.2 Å². The lowest BCUT2D eigenvalue weighted by Gasteiger charge is -2.24. The Labute approximate surface area is 103 Å². The van der Waals surface area contributed by atoms with Crippen LogP contribution in [-0.4, -0.2) is 29.1 Å². The summed E-state index contributed by atoms with van der Waals surface area (Å²) in [6.45, 7) is 7.51. The number of hydrogen-bond donors (Lipinski definition) is 3. The number of aliphatic carboxylic acids is 1. The first-order chi connectivity index (χ1) is 7.84. The minimum absolute atomic E-state index is 0.0429. The first-order valence-electron chi connectivity index (χ1n) is 6.13. The number of hydrogen-bond acceptors (Lipinski definition) is 3. The Kier molecular flexibility index (Phi) is 6.80. The smallest absolute Gasteiger partial charge is 0.326 e. The van der Waals surface area contributed by atoms with Crippen molar-refractivity contribution < 1.29 is 14.7 Å². The van der Waals surface area contributed by atoms with E-state index >= 15 is 0 Å². The highest BCUT2D eigenvalue weighted by molar-refractivity contribution is 5.87. The van der Waals surface area contributed by atoms with Crippen LogP contribution in [0.1, 0.15) is 40.5 Å². The fourth-order valence-corrected chi connectivity index (χ4v) is 1.44. The summed E-state index contributed by atoms with van der Waals surface area (Å²) in [6, 6.07) is -1.51. The Morgan fingerprint density at radius 2 is 1.65 bits per heavy atom. The predicted molar refractivity (Wildman–Crippen MR) is 66.5 cm³/mol. The second kappa shape index (κ2) is 7.27. The highest BCUT2D eigenvalue weighted by Gasteiger charge is 2.28. The quantitative estimate of drug-likeness (QED) is 0.622. The molecule has 0 heterocycles. The predicted octanol–water partition coefficient (Wildman–Crippen LogP) is 0.975. The Hall–Kier alpha value is -1.10. The van der Waals surface area contributed by atoms with Crippen LogP contribution in [0.15, 0.2) is 0 Å². The Bertz CT molecular complexity index is 268. The van der Waals surface area contributed by atoms with Gasteiger partial charge in [-0.05, 0) is 11.8 Å². The molecular weight excluding hydrogens is 220 g/mol. The minimum Gasteiger partial charge on any atom is -0.480 e. The average molecular weight is 244 g/mol. The van der Waals surface area contributed by atoms with Gasteiger partial charge in [-0.2, -0.15) is 0 Å². The molecule has 0 aliphatic rings. The topological polar surface area (TPSA) is 92.4 Å². The molecule has 0 saturated carbocycles. The van der Waals surface area contributed by atoms with Crippen LogP contribution >= 0.6 is 0 Å². The highest BCUT2D eigenvalue weighted by atomic mass is 16.4. The fourth-order valence-electron chi connectivity index (χ4n) is 1.44. The van der Waals surface area contributed by atoms with E-state index in [1.807, 2.05) is 20.8 Å². The molecule has 1 amide bonds. The van der Waals surface area contributed by atoms with Crippen molar-refractivity contribution >= 4 is 11.9 Å². The molecule has 0 aromatic carbocycles. The number of nitrogens with two attached hydrogens (primary N) is 1. The number of nitrogens with one attached hydrogen (secondary N) is 1. The number of carbonyl (C=O) groups is 2. The van der Waals surface area contributed by atoms with E-state index < -0.39 is 18.1 Å². The van der Waals surface area contributed by atoms with Crippen molar-refractivity contribution in [2.75, 3.05) is 0 Å². The molecule has 0 aliphatic heterocycles. The largest absolute Gasteiger partial charge is 0.480 e. The molecule has 17 heavy (non-hydrogen) atoms. The van der Waals surface area contributed by atoms with E-state index in [9.17, 15) is 9.59 Å². The summed E-state index contributed by atoms with van der Waals surface area (Å²) in [6.07, 6.45) is 1.48. The van der Waals surface area contributed by atoms with Gasteiger partial charge in [0.25, 0.3) is 0 Å². The lowest BCUT2D eigenvalue weighted by molar-refractivity contribution is -0.143. The molecule has 4 atom stereocenters. The van der Waals surface area contributed by atoms with Gasteiger partial charge in [-0.25, -0.2) is 4.79 Å². The molecule has 4 N–H and O–H groups in total. The molecule has 0 fully saturated rings. The van der Waals surface area contributed by atoms with E-state index in [4.69, 9.17) is 10.8 Å². The third-order valence-electron chi connectivity index (χ3n) is 3.34. The summed E-state index contributed by atoms with van der Waals surface area (Å²) in [5.41, 5.74) is 5.76. The van der Waals surface area contributed by atoms with E-state index in [-0.39, 0.29) is 17.7 Å². The van der Waals surface area contributed by atoms with Gasteiger partial charge in [0.1, 0.15) is 6.04 Å². The fraction of sp³-hybridized carbons (Fsp3) is 0.833. The molecule has 100 valence electrons. The minimum atomic E-state index is -1.01. The van der Waals surface area contributed by atoms with Crippen molar-refractivity contribution in [2.24, 2.45) is 17.6 Å². The van der Waals surface area contributed by atoms with Gasteiger partial charge in [-0.15, -0.1) is 0 Å². The van der Waals surface area contributed by atoms with Crippen LogP contribution in [0.2, 0.25) is 0 Å². The average Bonchev–Trinajstić information content (AvgIpc) is 2.32. The monoisotopic (exact) mass is 244 g/mol. The Balaban J connectivity index is 4.56. The van der Waals surface area contributed by atoms with Crippen molar-refractivity contribution in [2.45, 2.75) is 52.6 Å². The van der Waals surface area contributed by atoms with Crippen LogP contribution in [0.3, 0.4) is 0 Å². The molecule has 0 unspecified atom stereocenters. The molecule has 0 aromatic rings. The van der Waals surface area contributed by atoms with Gasteiger partial charge in [0.2, 0.25) is 5.91 Å². The maximum atomic E-state index is 11.8. The van der Waals surface area contributed by atoms with Gasteiger partial charge in [0.15, 0.2) is 0 Å². The van der Waals surface area contributed by atoms with E-state index in [0.717, 1.165) is 6.42 Å². The summed E-state index contributed by atoms with van der Waals surface area (Å²) in [5.74, 6) is -1.46. The summed E-state index contributed by atoms with van der Waals surface area (Å²) in [7, 11) is 0. The van der Waals surface area contributed by atoms with Crippen LogP contribution in [-0.2, 0) is 9.59 Å². The lowest BCUT2D eigenvalue weighted by Crippen LogP contribution is -2.52. The summed E-state index contributed by atoms with van der Waals surface area (Å²) >= 11 is 0. The van der Waals surface area contributed by atoms with Crippen LogP contribution in [0, 0.1) is 11.8 Å². The van der Waals surface area contributed by atoms with Gasteiger partial charge in [-0.3, -0.25) is 4.79 Å². The zero-order valence-corrected chi connectivity index (χ0v) is 11.1. The van der Waals surface area contributed by atoms with E-state index in [1.54, 1.807) is 6.92 Å². The SMILES string of the molecule is CC[C@H](C)[C@H](N)C(=O)N[C@@H](C(=O)O)[C@@H](C)CC. The summed E-state index contributed by atoms with van der Waals surface area (Å²) < 4.78 is 0.